The molecule has 4 rings (SSSR count). The first-order valence-corrected chi connectivity index (χ1v) is 8.44. The van der Waals surface area contributed by atoms with Crippen molar-refractivity contribution in [1.82, 2.24) is 0 Å². The van der Waals surface area contributed by atoms with Crippen LogP contribution in [-0.2, 0) is 0 Å². The van der Waals surface area contributed by atoms with Crippen molar-refractivity contribution in [2.45, 2.75) is 18.4 Å². The summed E-state index contributed by atoms with van der Waals surface area (Å²) in [5.41, 5.74) is 3.38. The van der Waals surface area contributed by atoms with Crippen LogP contribution in [0.25, 0.3) is 0 Å². The van der Waals surface area contributed by atoms with Gasteiger partial charge in [-0.3, -0.25) is 0 Å². The van der Waals surface area contributed by atoms with Crippen molar-refractivity contribution in [2.24, 2.45) is 5.92 Å². The Labute approximate surface area is 144 Å². The summed E-state index contributed by atoms with van der Waals surface area (Å²) in [5, 5.41) is 5.78. The van der Waals surface area contributed by atoms with E-state index < -0.39 is 0 Å². The molecule has 1 nitrogen and oxygen atoms in total. The van der Waals surface area contributed by atoms with Gasteiger partial charge in [0, 0.05) is 32.2 Å². The SMILES string of the molecule is Clc1cccc([C@@H]2Nc3cc(Cl)cc(Cl)c3[C@@H]3C=CC[C@@H]32)c1. The van der Waals surface area contributed by atoms with E-state index in [0.717, 1.165) is 27.7 Å². The molecule has 0 spiro atoms. The Morgan fingerprint density at radius 2 is 1.86 bits per heavy atom. The van der Waals surface area contributed by atoms with Crippen molar-refractivity contribution in [3.8, 4) is 0 Å². The number of anilines is 1. The summed E-state index contributed by atoms with van der Waals surface area (Å²) in [4.78, 5) is 0. The monoisotopic (exact) mass is 349 g/mol. The minimum atomic E-state index is 0.209. The molecule has 0 radical (unpaired) electrons. The Hall–Kier alpha value is -1.15. The Morgan fingerprint density at radius 3 is 2.68 bits per heavy atom. The van der Waals surface area contributed by atoms with Crippen molar-refractivity contribution < 1.29 is 0 Å². The number of rotatable bonds is 1. The Balaban J connectivity index is 1.84. The fourth-order valence-corrected chi connectivity index (χ4v) is 4.49. The first-order chi connectivity index (χ1) is 10.6. The van der Waals surface area contributed by atoms with Crippen LogP contribution in [0.1, 0.15) is 29.5 Å². The number of allylic oxidation sites excluding steroid dienone is 2. The average Bonchev–Trinajstić information content (AvgIpc) is 2.94. The van der Waals surface area contributed by atoms with E-state index in [-0.39, 0.29) is 6.04 Å². The molecule has 22 heavy (non-hydrogen) atoms. The maximum atomic E-state index is 6.45. The van der Waals surface area contributed by atoms with Gasteiger partial charge in [-0.25, -0.2) is 0 Å². The van der Waals surface area contributed by atoms with Crippen LogP contribution in [0, 0.1) is 5.92 Å². The third-order valence-corrected chi connectivity index (χ3v) is 5.35. The van der Waals surface area contributed by atoms with Gasteiger partial charge in [0.1, 0.15) is 0 Å². The quantitative estimate of drug-likeness (QED) is 0.581. The van der Waals surface area contributed by atoms with E-state index in [9.17, 15) is 0 Å². The summed E-state index contributed by atoms with van der Waals surface area (Å²) >= 11 is 18.8. The number of hydrogen-bond donors (Lipinski definition) is 1. The van der Waals surface area contributed by atoms with Gasteiger partial charge in [-0.1, -0.05) is 59.1 Å². The molecule has 0 saturated heterocycles. The molecular weight excluding hydrogens is 337 g/mol. The summed E-state index contributed by atoms with van der Waals surface area (Å²) in [6.07, 6.45) is 5.55. The van der Waals surface area contributed by atoms with E-state index in [2.05, 4.69) is 23.5 Å². The predicted octanol–water partition coefficient (Wildman–Crippen LogP) is 6.47. The Kier molecular flexibility index (Phi) is 3.60. The molecule has 2 aliphatic rings. The maximum absolute atomic E-state index is 6.45. The van der Waals surface area contributed by atoms with Crippen LogP contribution in [0.3, 0.4) is 0 Å². The fraction of sp³-hybridized carbons (Fsp3) is 0.222. The maximum Gasteiger partial charge on any atom is 0.0554 e. The second kappa shape index (κ2) is 5.49. The minimum absolute atomic E-state index is 0.209. The van der Waals surface area contributed by atoms with Crippen molar-refractivity contribution >= 4 is 40.5 Å². The molecule has 0 bridgehead atoms. The highest BCUT2D eigenvalue weighted by Gasteiger charge is 2.39. The molecule has 3 atom stereocenters. The molecule has 0 saturated carbocycles. The summed E-state index contributed by atoms with van der Waals surface area (Å²) in [5.74, 6) is 0.773. The van der Waals surface area contributed by atoms with Crippen LogP contribution >= 0.6 is 34.8 Å². The van der Waals surface area contributed by atoms with Crippen LogP contribution in [0.15, 0.2) is 48.6 Å². The third kappa shape index (κ3) is 2.32. The van der Waals surface area contributed by atoms with Gasteiger partial charge in [-0.2, -0.15) is 0 Å². The Morgan fingerprint density at radius 1 is 1.00 bits per heavy atom. The van der Waals surface area contributed by atoms with Gasteiger partial charge < -0.3 is 5.32 Å². The molecule has 1 aliphatic carbocycles. The highest BCUT2D eigenvalue weighted by Crippen LogP contribution is 2.52. The molecular formula is C18H14Cl3N. The molecule has 2 aromatic carbocycles. The number of hydrogen-bond acceptors (Lipinski definition) is 1. The molecule has 0 amide bonds. The fourth-order valence-electron chi connectivity index (χ4n) is 3.67. The third-order valence-electron chi connectivity index (χ3n) is 4.59. The molecule has 4 heteroatoms. The average molecular weight is 351 g/mol. The van der Waals surface area contributed by atoms with Crippen LogP contribution in [-0.4, -0.2) is 0 Å². The van der Waals surface area contributed by atoms with Crippen LogP contribution < -0.4 is 5.32 Å². The first kappa shape index (κ1) is 14.4. The summed E-state index contributed by atoms with van der Waals surface area (Å²) in [6, 6.07) is 12.1. The van der Waals surface area contributed by atoms with Crippen molar-refractivity contribution in [3.63, 3.8) is 0 Å². The smallest absolute Gasteiger partial charge is 0.0554 e. The Bertz CT molecular complexity index is 769. The standard InChI is InChI=1S/C18H14Cl3N/c19-11-4-1-3-10(7-11)18-14-6-2-5-13(14)17-15(21)8-12(20)9-16(17)22-18/h1-5,7-9,13-14,18,22H,6H2/t13-,14+,18+/m1/s1. The van der Waals surface area contributed by atoms with E-state index in [0.29, 0.717) is 16.9 Å². The topological polar surface area (TPSA) is 12.0 Å². The zero-order valence-corrected chi connectivity index (χ0v) is 14.0. The van der Waals surface area contributed by atoms with Gasteiger partial charge in [0.05, 0.1) is 6.04 Å². The largest absolute Gasteiger partial charge is 0.378 e. The van der Waals surface area contributed by atoms with E-state index >= 15 is 0 Å². The van der Waals surface area contributed by atoms with Gasteiger partial charge in [0.2, 0.25) is 0 Å². The molecule has 0 fully saturated rings. The molecule has 2 aromatic rings. The van der Waals surface area contributed by atoms with Crippen LogP contribution in [0.4, 0.5) is 5.69 Å². The molecule has 1 aliphatic heterocycles. The lowest BCUT2D eigenvalue weighted by Gasteiger charge is -2.38. The van der Waals surface area contributed by atoms with Crippen molar-refractivity contribution in [3.05, 3.63) is 74.7 Å². The van der Waals surface area contributed by atoms with E-state index in [1.807, 2.05) is 30.3 Å². The lowest BCUT2D eigenvalue weighted by molar-refractivity contribution is 0.426. The summed E-state index contributed by atoms with van der Waals surface area (Å²) in [7, 11) is 0. The molecule has 0 unspecified atom stereocenters. The minimum Gasteiger partial charge on any atom is -0.378 e. The number of benzene rings is 2. The molecule has 0 aromatic heterocycles. The number of nitrogens with one attached hydrogen (secondary N) is 1. The van der Waals surface area contributed by atoms with E-state index in [1.165, 1.54) is 5.56 Å². The van der Waals surface area contributed by atoms with Crippen LogP contribution in [0.5, 0.6) is 0 Å². The van der Waals surface area contributed by atoms with Gasteiger partial charge in [0.15, 0.2) is 0 Å². The molecule has 1 N–H and O–H groups in total. The van der Waals surface area contributed by atoms with Gasteiger partial charge in [-0.05, 0) is 42.2 Å². The number of fused-ring (bicyclic) bond motifs is 3. The van der Waals surface area contributed by atoms with E-state index in [4.69, 9.17) is 34.8 Å². The lowest BCUT2D eigenvalue weighted by Crippen LogP contribution is -2.29. The highest BCUT2D eigenvalue weighted by molar-refractivity contribution is 6.35. The first-order valence-electron chi connectivity index (χ1n) is 7.31. The zero-order valence-electron chi connectivity index (χ0n) is 11.7. The summed E-state index contributed by atoms with van der Waals surface area (Å²) in [6.45, 7) is 0. The van der Waals surface area contributed by atoms with Crippen molar-refractivity contribution in [2.75, 3.05) is 5.32 Å². The second-order valence-corrected chi connectivity index (χ2v) is 7.16. The summed E-state index contributed by atoms with van der Waals surface area (Å²) < 4.78 is 0. The molecule has 112 valence electrons. The van der Waals surface area contributed by atoms with E-state index in [1.54, 1.807) is 0 Å². The van der Waals surface area contributed by atoms with Crippen LogP contribution in [0.2, 0.25) is 15.1 Å². The normalized spacial score (nSPS) is 25.5. The predicted molar refractivity (Wildman–Crippen MR) is 94.3 cm³/mol. The van der Waals surface area contributed by atoms with Gasteiger partial charge in [0.25, 0.3) is 0 Å². The lowest BCUT2D eigenvalue weighted by atomic mass is 9.77. The zero-order chi connectivity index (χ0) is 15.3. The second-order valence-electron chi connectivity index (χ2n) is 5.88. The highest BCUT2D eigenvalue weighted by atomic mass is 35.5. The molecule has 1 heterocycles. The van der Waals surface area contributed by atoms with Gasteiger partial charge >= 0.3 is 0 Å². The number of halogens is 3. The van der Waals surface area contributed by atoms with Gasteiger partial charge in [-0.15, -0.1) is 0 Å². The van der Waals surface area contributed by atoms with Crippen molar-refractivity contribution in [1.29, 1.82) is 0 Å².